The Morgan fingerprint density at radius 2 is 2.05 bits per heavy atom. The van der Waals surface area contributed by atoms with E-state index in [-0.39, 0.29) is 0 Å². The molecule has 1 N–H and O–H groups in total. The molecule has 1 aliphatic rings. The Morgan fingerprint density at radius 3 is 2.85 bits per heavy atom. The first-order chi connectivity index (χ1) is 9.88. The number of fused-ring (bicyclic) bond motifs is 1. The van der Waals surface area contributed by atoms with Gasteiger partial charge in [-0.2, -0.15) is 5.48 Å². The molecule has 0 amide bonds. The second kappa shape index (κ2) is 6.23. The molecule has 1 aromatic carbocycles. The summed E-state index contributed by atoms with van der Waals surface area (Å²) < 4.78 is 0. The molecule has 1 saturated carbocycles. The van der Waals surface area contributed by atoms with Gasteiger partial charge in [0.05, 0.1) is 0 Å². The molecule has 106 valence electrons. The van der Waals surface area contributed by atoms with Crippen LogP contribution in [0, 0.1) is 0 Å². The van der Waals surface area contributed by atoms with Crippen molar-refractivity contribution in [3.63, 3.8) is 0 Å². The van der Waals surface area contributed by atoms with E-state index in [2.05, 4.69) is 23.5 Å². The first-order valence-electron chi connectivity index (χ1n) is 7.66. The lowest BCUT2D eigenvalue weighted by Crippen LogP contribution is -2.33. The monoisotopic (exact) mass is 270 g/mol. The van der Waals surface area contributed by atoms with Gasteiger partial charge in [-0.05, 0) is 30.9 Å². The zero-order valence-corrected chi connectivity index (χ0v) is 12.1. The number of nitrogens with one attached hydrogen (secondary N) is 1. The maximum absolute atomic E-state index is 5.92. The molecule has 2 aromatic rings. The Labute approximate surface area is 120 Å². The van der Waals surface area contributed by atoms with E-state index >= 15 is 0 Å². The van der Waals surface area contributed by atoms with Crippen molar-refractivity contribution >= 4 is 10.8 Å². The van der Waals surface area contributed by atoms with Crippen LogP contribution in [-0.4, -0.2) is 11.0 Å². The Kier molecular flexibility index (Phi) is 4.16. The molecule has 0 bridgehead atoms. The predicted octanol–water partition coefficient (Wildman–Crippen LogP) is 4.01. The van der Waals surface area contributed by atoms with E-state index in [1.807, 2.05) is 24.5 Å². The molecule has 0 aliphatic heterocycles. The first kappa shape index (κ1) is 13.4. The van der Waals surface area contributed by atoms with Crippen LogP contribution in [0.15, 0.2) is 30.6 Å². The van der Waals surface area contributed by atoms with Gasteiger partial charge in [-0.1, -0.05) is 38.3 Å². The number of rotatable bonds is 4. The van der Waals surface area contributed by atoms with Crippen LogP contribution in [0.4, 0.5) is 0 Å². The van der Waals surface area contributed by atoms with Crippen LogP contribution in [0.2, 0.25) is 0 Å². The number of pyridine rings is 1. The summed E-state index contributed by atoms with van der Waals surface area (Å²) in [6.45, 7) is 2.15. The maximum atomic E-state index is 5.92. The van der Waals surface area contributed by atoms with Crippen LogP contribution in [0.25, 0.3) is 10.8 Å². The van der Waals surface area contributed by atoms with Gasteiger partial charge in [-0.3, -0.25) is 4.98 Å². The number of aromatic nitrogens is 1. The quantitative estimate of drug-likeness (QED) is 0.852. The third-order valence-corrected chi connectivity index (χ3v) is 4.15. The SMILES string of the molecule is CCc1cncc2cccc(ONC3CCCCC3)c12. The normalized spacial score (nSPS) is 16.4. The lowest BCUT2D eigenvalue weighted by atomic mass is 9.96. The van der Waals surface area contributed by atoms with Crippen molar-refractivity contribution in [2.75, 3.05) is 0 Å². The standard InChI is InChI=1S/C17H22N2O/c1-2-13-11-18-12-14-7-6-10-16(17(13)14)20-19-15-8-4-3-5-9-15/h6-7,10-12,15,19H,2-5,8-9H2,1H3. The molecule has 0 spiro atoms. The van der Waals surface area contributed by atoms with Crippen LogP contribution >= 0.6 is 0 Å². The number of hydroxylamine groups is 1. The van der Waals surface area contributed by atoms with Crippen molar-refractivity contribution in [2.45, 2.75) is 51.5 Å². The van der Waals surface area contributed by atoms with Crippen molar-refractivity contribution in [3.05, 3.63) is 36.2 Å². The fourth-order valence-electron chi connectivity index (χ4n) is 2.99. The van der Waals surface area contributed by atoms with E-state index in [0.29, 0.717) is 6.04 Å². The lowest BCUT2D eigenvalue weighted by Gasteiger charge is -2.23. The van der Waals surface area contributed by atoms with Gasteiger partial charge >= 0.3 is 0 Å². The van der Waals surface area contributed by atoms with Gasteiger partial charge in [0.25, 0.3) is 0 Å². The van der Waals surface area contributed by atoms with Crippen molar-refractivity contribution in [1.29, 1.82) is 0 Å². The number of aryl methyl sites for hydroxylation is 1. The Bertz CT molecular complexity index is 571. The summed E-state index contributed by atoms with van der Waals surface area (Å²) in [7, 11) is 0. The van der Waals surface area contributed by atoms with Gasteiger partial charge in [0.1, 0.15) is 0 Å². The van der Waals surface area contributed by atoms with Gasteiger partial charge in [-0.25, -0.2) is 0 Å². The molecular weight excluding hydrogens is 248 g/mol. The fraction of sp³-hybridized carbons (Fsp3) is 0.471. The molecule has 20 heavy (non-hydrogen) atoms. The van der Waals surface area contributed by atoms with Crippen molar-refractivity contribution < 1.29 is 4.84 Å². The minimum atomic E-state index is 0.492. The zero-order valence-electron chi connectivity index (χ0n) is 12.1. The third-order valence-electron chi connectivity index (χ3n) is 4.15. The minimum Gasteiger partial charge on any atom is -0.408 e. The van der Waals surface area contributed by atoms with Crippen molar-refractivity contribution in [2.24, 2.45) is 0 Å². The molecule has 3 heteroatoms. The summed E-state index contributed by atoms with van der Waals surface area (Å²) in [4.78, 5) is 10.2. The average molecular weight is 270 g/mol. The van der Waals surface area contributed by atoms with E-state index in [1.165, 1.54) is 43.1 Å². The highest BCUT2D eigenvalue weighted by Gasteiger charge is 2.14. The maximum Gasteiger partial charge on any atom is 0.155 e. The van der Waals surface area contributed by atoms with Crippen molar-refractivity contribution in [3.8, 4) is 5.75 Å². The van der Waals surface area contributed by atoms with Crippen LogP contribution in [0.5, 0.6) is 5.75 Å². The predicted molar refractivity (Wildman–Crippen MR) is 81.8 cm³/mol. The Balaban J connectivity index is 1.83. The topological polar surface area (TPSA) is 34.1 Å². The summed E-state index contributed by atoms with van der Waals surface area (Å²) in [6, 6.07) is 6.65. The van der Waals surface area contributed by atoms with Crippen LogP contribution in [0.3, 0.4) is 0 Å². The van der Waals surface area contributed by atoms with E-state index < -0.39 is 0 Å². The highest BCUT2D eigenvalue weighted by atomic mass is 16.6. The molecule has 3 nitrogen and oxygen atoms in total. The Hall–Kier alpha value is -1.61. The minimum absolute atomic E-state index is 0.492. The van der Waals surface area contributed by atoms with Crippen LogP contribution in [0.1, 0.15) is 44.6 Å². The van der Waals surface area contributed by atoms with Gasteiger partial charge in [0, 0.05) is 29.2 Å². The second-order valence-electron chi connectivity index (χ2n) is 5.56. The largest absolute Gasteiger partial charge is 0.408 e. The molecular formula is C17H22N2O. The van der Waals surface area contributed by atoms with Gasteiger partial charge < -0.3 is 4.84 Å². The van der Waals surface area contributed by atoms with E-state index in [4.69, 9.17) is 4.84 Å². The van der Waals surface area contributed by atoms with Crippen LogP contribution < -0.4 is 10.3 Å². The van der Waals surface area contributed by atoms with Crippen LogP contribution in [-0.2, 0) is 6.42 Å². The Morgan fingerprint density at radius 1 is 1.20 bits per heavy atom. The van der Waals surface area contributed by atoms with Crippen molar-refractivity contribution in [1.82, 2.24) is 10.5 Å². The van der Waals surface area contributed by atoms with Gasteiger partial charge in [0.15, 0.2) is 5.75 Å². The van der Waals surface area contributed by atoms with Gasteiger partial charge in [-0.15, -0.1) is 0 Å². The number of benzene rings is 1. The second-order valence-corrected chi connectivity index (χ2v) is 5.56. The molecule has 3 rings (SSSR count). The van der Waals surface area contributed by atoms with E-state index in [0.717, 1.165) is 17.6 Å². The zero-order chi connectivity index (χ0) is 13.8. The lowest BCUT2D eigenvalue weighted by molar-refractivity contribution is 0.135. The summed E-state index contributed by atoms with van der Waals surface area (Å²) >= 11 is 0. The molecule has 1 aliphatic carbocycles. The highest BCUT2D eigenvalue weighted by molar-refractivity contribution is 5.90. The molecule has 1 aromatic heterocycles. The molecule has 1 fully saturated rings. The summed E-state index contributed by atoms with van der Waals surface area (Å²) in [5.41, 5.74) is 4.50. The summed E-state index contributed by atoms with van der Waals surface area (Å²) in [6.07, 6.45) is 11.2. The number of nitrogens with zero attached hydrogens (tertiary/aromatic N) is 1. The average Bonchev–Trinajstić information content (AvgIpc) is 2.53. The molecule has 0 unspecified atom stereocenters. The summed E-state index contributed by atoms with van der Waals surface area (Å²) in [5, 5.41) is 2.33. The first-order valence-corrected chi connectivity index (χ1v) is 7.66. The number of hydrogen-bond donors (Lipinski definition) is 1. The molecule has 1 heterocycles. The molecule has 0 saturated heterocycles. The van der Waals surface area contributed by atoms with Gasteiger partial charge in [0.2, 0.25) is 0 Å². The smallest absolute Gasteiger partial charge is 0.155 e. The fourth-order valence-corrected chi connectivity index (χ4v) is 2.99. The third kappa shape index (κ3) is 2.78. The van der Waals surface area contributed by atoms with E-state index in [9.17, 15) is 0 Å². The van der Waals surface area contributed by atoms with E-state index in [1.54, 1.807) is 0 Å². The highest BCUT2D eigenvalue weighted by Crippen LogP contribution is 2.28. The summed E-state index contributed by atoms with van der Waals surface area (Å²) in [5.74, 6) is 0.923. The molecule has 0 atom stereocenters. The molecule has 0 radical (unpaired) electrons. The number of hydrogen-bond acceptors (Lipinski definition) is 3.